The number of phosphoric ester groups is 2. The number of phosphoric acid groups is 2. The third-order valence-corrected chi connectivity index (χ3v) is 19.4. The molecule has 5 atom stereocenters. The van der Waals surface area contributed by atoms with Crippen molar-refractivity contribution in [2.45, 2.75) is 393 Å². The molecule has 0 rings (SSSR count). The van der Waals surface area contributed by atoms with Crippen LogP contribution in [0.1, 0.15) is 374 Å². The number of carbonyl (C=O) groups is 4. The zero-order valence-electron chi connectivity index (χ0n) is 63.9. The highest BCUT2D eigenvalue weighted by atomic mass is 31.2. The Morgan fingerprint density at radius 2 is 0.530 bits per heavy atom. The van der Waals surface area contributed by atoms with Crippen LogP contribution in [-0.4, -0.2) is 96.7 Å². The highest BCUT2D eigenvalue weighted by Gasteiger charge is 2.30. The van der Waals surface area contributed by atoms with Gasteiger partial charge in [-0.25, -0.2) is 9.13 Å². The molecule has 584 valence electrons. The van der Waals surface area contributed by atoms with Gasteiger partial charge in [-0.1, -0.05) is 326 Å². The van der Waals surface area contributed by atoms with E-state index in [0.29, 0.717) is 25.7 Å². The van der Waals surface area contributed by atoms with E-state index in [1.165, 1.54) is 148 Å². The van der Waals surface area contributed by atoms with Gasteiger partial charge in [-0.15, -0.1) is 0 Å². The van der Waals surface area contributed by atoms with Crippen molar-refractivity contribution in [3.63, 3.8) is 0 Å². The number of ether oxygens (including phenoxy) is 4. The minimum atomic E-state index is -4.97. The van der Waals surface area contributed by atoms with Gasteiger partial charge in [0, 0.05) is 25.7 Å². The smallest absolute Gasteiger partial charge is 0.462 e. The first-order chi connectivity index (χ1) is 48.7. The topological polar surface area (TPSA) is 237 Å². The van der Waals surface area contributed by atoms with Gasteiger partial charge in [-0.2, -0.15) is 0 Å². The van der Waals surface area contributed by atoms with E-state index in [1.807, 2.05) is 0 Å². The van der Waals surface area contributed by atoms with Crippen molar-refractivity contribution < 1.29 is 80.2 Å². The van der Waals surface area contributed by atoms with E-state index in [4.69, 9.17) is 37.0 Å². The third kappa shape index (κ3) is 73.1. The Kier molecular flexibility index (Phi) is 71.6. The van der Waals surface area contributed by atoms with Gasteiger partial charge < -0.3 is 33.8 Å². The Morgan fingerprint density at radius 1 is 0.290 bits per heavy atom. The quantitative estimate of drug-likeness (QED) is 0.0169. The van der Waals surface area contributed by atoms with Crippen LogP contribution in [0, 0.1) is 0 Å². The summed E-state index contributed by atoms with van der Waals surface area (Å²) in [5, 5.41) is 10.6. The molecule has 0 aromatic heterocycles. The van der Waals surface area contributed by atoms with Crippen LogP contribution in [0.25, 0.3) is 0 Å². The van der Waals surface area contributed by atoms with Gasteiger partial charge in [0.05, 0.1) is 26.4 Å². The maximum atomic E-state index is 13.1. The van der Waals surface area contributed by atoms with E-state index in [1.54, 1.807) is 0 Å². The Labute approximate surface area is 610 Å². The predicted molar refractivity (Wildman–Crippen MR) is 409 cm³/mol. The third-order valence-electron chi connectivity index (χ3n) is 17.5. The van der Waals surface area contributed by atoms with Crippen molar-refractivity contribution in [2.75, 3.05) is 39.6 Å². The Bertz CT molecular complexity index is 2130. The minimum absolute atomic E-state index is 0.0845. The van der Waals surface area contributed by atoms with Crippen molar-refractivity contribution >= 4 is 39.5 Å². The van der Waals surface area contributed by atoms with Gasteiger partial charge >= 0.3 is 39.5 Å². The monoisotopic (exact) mass is 1460 g/mol. The van der Waals surface area contributed by atoms with Gasteiger partial charge in [0.25, 0.3) is 0 Å². The molecule has 100 heavy (non-hydrogen) atoms. The van der Waals surface area contributed by atoms with Crippen LogP contribution in [0.5, 0.6) is 0 Å². The molecule has 3 N–H and O–H groups in total. The fourth-order valence-electron chi connectivity index (χ4n) is 11.3. The molecule has 0 aliphatic rings. The minimum Gasteiger partial charge on any atom is -0.462 e. The van der Waals surface area contributed by atoms with E-state index in [9.17, 15) is 43.2 Å². The van der Waals surface area contributed by atoms with Crippen LogP contribution < -0.4 is 0 Å². The summed E-state index contributed by atoms with van der Waals surface area (Å²) in [5.41, 5.74) is 0. The number of aliphatic hydroxyl groups is 1. The molecular formula is C81H148O17P2. The first kappa shape index (κ1) is 96.8. The lowest BCUT2D eigenvalue weighted by atomic mass is 10.0. The van der Waals surface area contributed by atoms with Crippen molar-refractivity contribution in [1.29, 1.82) is 0 Å². The Balaban J connectivity index is 5.28. The van der Waals surface area contributed by atoms with Crippen molar-refractivity contribution in [2.24, 2.45) is 0 Å². The second kappa shape index (κ2) is 74.0. The average Bonchev–Trinajstić information content (AvgIpc) is 0.953. The first-order valence-electron chi connectivity index (χ1n) is 40.5. The van der Waals surface area contributed by atoms with Crippen molar-refractivity contribution in [1.82, 2.24) is 0 Å². The van der Waals surface area contributed by atoms with Gasteiger partial charge in [-0.3, -0.25) is 37.3 Å². The maximum Gasteiger partial charge on any atom is 0.472 e. The predicted octanol–water partition coefficient (Wildman–Crippen LogP) is 23.5. The van der Waals surface area contributed by atoms with Gasteiger partial charge in [0.2, 0.25) is 0 Å². The number of allylic oxidation sites excluding steroid dienone is 10. The lowest BCUT2D eigenvalue weighted by molar-refractivity contribution is -0.161. The molecule has 5 unspecified atom stereocenters. The van der Waals surface area contributed by atoms with Crippen LogP contribution in [0.3, 0.4) is 0 Å². The second-order valence-electron chi connectivity index (χ2n) is 27.3. The molecule has 0 aliphatic carbocycles. The summed E-state index contributed by atoms with van der Waals surface area (Å²) in [7, 11) is -9.94. The molecular weight excluding hydrogens is 1310 g/mol. The van der Waals surface area contributed by atoms with E-state index in [-0.39, 0.29) is 25.7 Å². The average molecular weight is 1460 g/mol. The molecule has 0 radical (unpaired) electrons. The molecule has 0 fully saturated rings. The number of hydrogen-bond donors (Lipinski definition) is 3. The number of esters is 4. The van der Waals surface area contributed by atoms with Gasteiger partial charge in [0.1, 0.15) is 19.3 Å². The molecule has 0 saturated carbocycles. The summed E-state index contributed by atoms with van der Waals surface area (Å²) in [6, 6.07) is 0. The van der Waals surface area contributed by atoms with Gasteiger partial charge in [0.15, 0.2) is 12.2 Å². The molecule has 19 heteroatoms. The zero-order valence-corrected chi connectivity index (χ0v) is 65.7. The number of hydrogen-bond acceptors (Lipinski definition) is 15. The van der Waals surface area contributed by atoms with E-state index in [2.05, 4.69) is 88.5 Å². The van der Waals surface area contributed by atoms with Crippen molar-refractivity contribution in [3.05, 3.63) is 60.8 Å². The summed E-state index contributed by atoms with van der Waals surface area (Å²) in [6.07, 6.45) is 73.4. The van der Waals surface area contributed by atoms with Crippen molar-refractivity contribution in [3.8, 4) is 0 Å². The number of aliphatic hydroxyl groups excluding tert-OH is 1. The molecule has 0 aliphatic heterocycles. The van der Waals surface area contributed by atoms with Crippen LogP contribution in [-0.2, 0) is 65.4 Å². The molecule has 17 nitrogen and oxygen atoms in total. The molecule has 0 aromatic rings. The fraction of sp³-hybridized carbons (Fsp3) is 0.827. The van der Waals surface area contributed by atoms with Crippen LogP contribution >= 0.6 is 15.6 Å². The number of carbonyl (C=O) groups excluding carboxylic acids is 4. The van der Waals surface area contributed by atoms with Gasteiger partial charge in [-0.05, 0) is 83.5 Å². The summed E-state index contributed by atoms with van der Waals surface area (Å²) in [6.45, 7) is 4.78. The lowest BCUT2D eigenvalue weighted by Crippen LogP contribution is -2.30. The fourth-order valence-corrected chi connectivity index (χ4v) is 12.9. The summed E-state index contributed by atoms with van der Waals surface area (Å²) in [5.74, 6) is -2.16. The molecule has 0 amide bonds. The first-order valence-corrected chi connectivity index (χ1v) is 43.5. The van der Waals surface area contributed by atoms with Crippen LogP contribution in [0.15, 0.2) is 60.8 Å². The largest absolute Gasteiger partial charge is 0.472 e. The van der Waals surface area contributed by atoms with Crippen LogP contribution in [0.4, 0.5) is 0 Å². The zero-order chi connectivity index (χ0) is 73.2. The SMILES string of the molecule is CC/C=C\C/C=C\C/C=C\C/C=C\CCCCCCCCC(=O)OCC(COP(=O)(O)OCC(O)COP(=O)(O)OCC(COC(=O)CCCCCCCCCCCCCCCCC)OC(=O)CCCCCCCCCCCCCCCCC)OC(=O)CCCCCCC/C=C\CCCC. The molecule has 0 bridgehead atoms. The number of unbranched alkanes of at least 4 members (excludes halogenated alkanes) is 41. The number of rotatable bonds is 77. The standard InChI is InChI=1S/C81H148O17P2/c1-5-9-13-17-21-25-29-32-35-36-37-38-41-43-47-50-54-58-62-66-79(84)91-71-76(97-80(85)67-63-59-55-51-45-28-24-20-16-12-8-4)73-95-99(87,88)93-69-75(82)70-94-100(89,90)96-74-77(98-81(86)68-64-60-56-52-48-44-40-34-31-27-23-19-15-11-7-3)72-92-78(83)65-61-57-53-49-46-42-39-33-30-26-22-18-14-10-6-2/h9,13,20-21,24-25,32,35,37-38,75-77,82H,5-8,10-12,14-19,22-23,26-31,33-34,36,39-74H2,1-4H3,(H,87,88)(H,89,90)/b13-9-,24-20-,25-21-,35-32-,38-37-. The van der Waals surface area contributed by atoms with Crippen LogP contribution in [0.2, 0.25) is 0 Å². The highest BCUT2D eigenvalue weighted by Crippen LogP contribution is 2.45. The Morgan fingerprint density at radius 3 is 0.840 bits per heavy atom. The lowest BCUT2D eigenvalue weighted by Gasteiger charge is -2.21. The van der Waals surface area contributed by atoms with E-state index in [0.717, 1.165) is 148 Å². The maximum absolute atomic E-state index is 13.1. The summed E-state index contributed by atoms with van der Waals surface area (Å²) < 4.78 is 68.6. The molecule has 0 spiro atoms. The normalized spacial score (nSPS) is 14.2. The summed E-state index contributed by atoms with van der Waals surface area (Å²) in [4.78, 5) is 73.0. The molecule has 0 aromatic carbocycles. The van der Waals surface area contributed by atoms with E-state index < -0.39 is 97.5 Å². The summed E-state index contributed by atoms with van der Waals surface area (Å²) >= 11 is 0. The highest BCUT2D eigenvalue weighted by molar-refractivity contribution is 7.47. The second-order valence-corrected chi connectivity index (χ2v) is 30.3. The van der Waals surface area contributed by atoms with E-state index >= 15 is 0 Å². The molecule has 0 heterocycles. The molecule has 0 saturated heterocycles. The Hall–Kier alpha value is -3.24.